The molecule has 0 saturated heterocycles. The van der Waals surface area contributed by atoms with Crippen LogP contribution in [0.3, 0.4) is 0 Å². The molecule has 0 radical (unpaired) electrons. The molecule has 1 aromatic carbocycles. The maximum absolute atomic E-state index is 10.8. The summed E-state index contributed by atoms with van der Waals surface area (Å²) in [6, 6.07) is 5.04. The topological polar surface area (TPSA) is 29.1 Å². The average Bonchev–Trinajstić information content (AvgIpc) is 2.11. The van der Waals surface area contributed by atoms with Crippen molar-refractivity contribution in [3.63, 3.8) is 0 Å². The van der Waals surface area contributed by atoms with Crippen molar-refractivity contribution in [1.29, 1.82) is 0 Å². The van der Waals surface area contributed by atoms with Crippen LogP contribution in [0.25, 0.3) is 0 Å². The van der Waals surface area contributed by atoms with Crippen LogP contribution in [0.1, 0.15) is 0 Å². The van der Waals surface area contributed by atoms with Crippen LogP contribution in [0.2, 0.25) is 5.02 Å². The molecule has 1 amide bonds. The molecule has 1 N–H and O–H groups in total. The average molecular weight is 259 g/mol. The Labute approximate surface area is 89.4 Å². The summed E-state index contributed by atoms with van der Waals surface area (Å²) in [7, 11) is 0. The van der Waals surface area contributed by atoms with Gasteiger partial charge in [0.2, 0.25) is 0 Å². The van der Waals surface area contributed by atoms with Gasteiger partial charge >= 0.3 is 0 Å². The molecule has 4 heteroatoms. The summed E-state index contributed by atoms with van der Waals surface area (Å²) in [6.45, 7) is 0. The van der Waals surface area contributed by atoms with E-state index in [1.165, 1.54) is 0 Å². The fourth-order valence-corrected chi connectivity index (χ4v) is 1.17. The Morgan fingerprint density at radius 2 is 2.31 bits per heavy atom. The molecule has 2 nitrogen and oxygen atoms in total. The minimum Gasteiger partial charge on any atom is -0.315 e. The zero-order valence-corrected chi connectivity index (χ0v) is 8.82. The predicted molar refractivity (Wildman–Crippen MR) is 56.6 cm³/mol. The third-order valence-corrected chi connectivity index (χ3v) is 2.54. The predicted octanol–water partition coefficient (Wildman–Crippen LogP) is 2.67. The lowest BCUT2D eigenvalue weighted by Crippen LogP contribution is -2.07. The van der Waals surface area contributed by atoms with Crippen LogP contribution in [0.4, 0.5) is 5.69 Å². The van der Waals surface area contributed by atoms with E-state index in [1.807, 2.05) is 5.92 Å². The summed E-state index contributed by atoms with van der Waals surface area (Å²) in [6.07, 6.45) is 4.88. The Hall–Kier alpha value is -0.980. The van der Waals surface area contributed by atoms with Crippen LogP contribution in [0.15, 0.2) is 22.7 Å². The summed E-state index contributed by atoms with van der Waals surface area (Å²) in [5, 5.41) is 3.00. The highest BCUT2D eigenvalue weighted by Gasteiger charge is 2.00. The molecule has 13 heavy (non-hydrogen) atoms. The van der Waals surface area contributed by atoms with Crippen LogP contribution in [0, 0.1) is 12.3 Å². The number of carbonyl (C=O) groups excluding carboxylic acids is 1. The molecular weight excluding hydrogens is 253 g/mol. The molecular formula is C9H5BrClNO. The van der Waals surface area contributed by atoms with Gasteiger partial charge in [0.15, 0.2) is 0 Å². The summed E-state index contributed by atoms with van der Waals surface area (Å²) in [5.41, 5.74) is 0.580. The van der Waals surface area contributed by atoms with Crippen molar-refractivity contribution in [1.82, 2.24) is 0 Å². The van der Waals surface area contributed by atoms with Crippen LogP contribution in [-0.2, 0) is 4.79 Å². The number of anilines is 1. The molecule has 1 rings (SSSR count). The van der Waals surface area contributed by atoms with E-state index >= 15 is 0 Å². The van der Waals surface area contributed by atoms with Crippen molar-refractivity contribution in [2.24, 2.45) is 0 Å². The number of amides is 1. The first-order valence-electron chi connectivity index (χ1n) is 3.36. The third kappa shape index (κ3) is 2.76. The van der Waals surface area contributed by atoms with Gasteiger partial charge in [0, 0.05) is 10.2 Å². The lowest BCUT2D eigenvalue weighted by molar-refractivity contribution is -0.111. The van der Waals surface area contributed by atoms with Gasteiger partial charge in [-0.1, -0.05) is 11.6 Å². The first-order valence-corrected chi connectivity index (χ1v) is 4.53. The van der Waals surface area contributed by atoms with Gasteiger partial charge in [0.1, 0.15) is 0 Å². The Morgan fingerprint density at radius 3 is 2.85 bits per heavy atom. The van der Waals surface area contributed by atoms with Crippen molar-refractivity contribution in [3.8, 4) is 12.3 Å². The Morgan fingerprint density at radius 1 is 1.62 bits per heavy atom. The number of carbonyl (C=O) groups is 1. The molecule has 0 aliphatic carbocycles. The molecule has 0 heterocycles. The Balaban J connectivity index is 2.87. The van der Waals surface area contributed by atoms with Crippen LogP contribution in [0.5, 0.6) is 0 Å². The fraction of sp³-hybridized carbons (Fsp3) is 0. The molecule has 1 aromatic rings. The summed E-state index contributed by atoms with van der Waals surface area (Å²) >= 11 is 9.02. The highest BCUT2D eigenvalue weighted by Crippen LogP contribution is 2.25. The van der Waals surface area contributed by atoms with E-state index in [9.17, 15) is 4.79 Å². The number of benzene rings is 1. The molecule has 0 aliphatic heterocycles. The van der Waals surface area contributed by atoms with Gasteiger partial charge in [-0.25, -0.2) is 0 Å². The van der Waals surface area contributed by atoms with E-state index in [0.29, 0.717) is 10.7 Å². The lowest BCUT2D eigenvalue weighted by Gasteiger charge is -2.02. The van der Waals surface area contributed by atoms with E-state index in [-0.39, 0.29) is 0 Å². The van der Waals surface area contributed by atoms with Gasteiger partial charge in [0.25, 0.3) is 5.91 Å². The van der Waals surface area contributed by atoms with Gasteiger partial charge in [-0.05, 0) is 40.0 Å². The van der Waals surface area contributed by atoms with Crippen molar-refractivity contribution in [2.75, 3.05) is 5.32 Å². The summed E-state index contributed by atoms with van der Waals surface area (Å²) in [5.74, 6) is 1.46. The quantitative estimate of drug-likeness (QED) is 0.771. The Bertz CT molecular complexity index is 384. The maximum Gasteiger partial charge on any atom is 0.300 e. The van der Waals surface area contributed by atoms with Gasteiger partial charge < -0.3 is 5.32 Å². The molecule has 66 valence electrons. The van der Waals surface area contributed by atoms with Crippen molar-refractivity contribution in [2.45, 2.75) is 0 Å². The van der Waals surface area contributed by atoms with Gasteiger partial charge in [-0.15, -0.1) is 6.42 Å². The first-order chi connectivity index (χ1) is 6.13. The van der Waals surface area contributed by atoms with Crippen LogP contribution < -0.4 is 5.32 Å². The van der Waals surface area contributed by atoms with Crippen molar-refractivity contribution in [3.05, 3.63) is 27.7 Å². The molecule has 0 bridgehead atoms. The van der Waals surface area contributed by atoms with Crippen molar-refractivity contribution >= 4 is 39.1 Å². The number of hydrogen-bond donors (Lipinski definition) is 1. The number of hydrogen-bond acceptors (Lipinski definition) is 1. The van der Waals surface area contributed by atoms with Gasteiger partial charge in [0.05, 0.1) is 5.02 Å². The van der Waals surface area contributed by atoms with Crippen LogP contribution in [-0.4, -0.2) is 5.91 Å². The van der Waals surface area contributed by atoms with E-state index in [4.69, 9.17) is 18.0 Å². The Kier molecular flexibility index (Phi) is 3.35. The standard InChI is InChI=1S/C9H5BrClNO/c1-2-9(13)12-6-3-4-7(10)8(11)5-6/h1,3-5H,(H,12,13). The molecule has 0 atom stereocenters. The number of terminal acetylenes is 1. The summed E-state index contributed by atoms with van der Waals surface area (Å²) < 4.78 is 0.771. The monoisotopic (exact) mass is 257 g/mol. The maximum atomic E-state index is 10.8. The smallest absolute Gasteiger partial charge is 0.300 e. The number of rotatable bonds is 1. The second-order valence-electron chi connectivity index (χ2n) is 2.23. The summed E-state index contributed by atoms with van der Waals surface area (Å²) in [4.78, 5) is 10.8. The normalized spacial score (nSPS) is 9.00. The zero-order chi connectivity index (χ0) is 9.84. The molecule has 0 aromatic heterocycles. The van der Waals surface area contributed by atoms with E-state index in [1.54, 1.807) is 18.2 Å². The molecule has 0 unspecified atom stereocenters. The minimum atomic E-state index is -0.488. The van der Waals surface area contributed by atoms with E-state index < -0.39 is 5.91 Å². The zero-order valence-electron chi connectivity index (χ0n) is 6.47. The number of nitrogens with one attached hydrogen (secondary N) is 1. The molecule has 0 fully saturated rings. The highest BCUT2D eigenvalue weighted by molar-refractivity contribution is 9.10. The van der Waals surface area contributed by atoms with Crippen molar-refractivity contribution < 1.29 is 4.79 Å². The second-order valence-corrected chi connectivity index (χ2v) is 3.49. The molecule has 0 saturated carbocycles. The second kappa shape index (κ2) is 4.31. The van der Waals surface area contributed by atoms with Gasteiger partial charge in [-0.3, -0.25) is 4.79 Å². The lowest BCUT2D eigenvalue weighted by atomic mass is 10.3. The minimum absolute atomic E-state index is 0.488. The van der Waals surface area contributed by atoms with E-state index in [0.717, 1.165) is 4.47 Å². The third-order valence-electron chi connectivity index (χ3n) is 1.31. The fourth-order valence-electron chi connectivity index (χ4n) is 0.741. The molecule has 0 spiro atoms. The highest BCUT2D eigenvalue weighted by atomic mass is 79.9. The van der Waals surface area contributed by atoms with Gasteiger partial charge in [-0.2, -0.15) is 0 Å². The first kappa shape index (κ1) is 10.1. The SMILES string of the molecule is C#CC(=O)Nc1ccc(Br)c(Cl)c1. The molecule has 0 aliphatic rings. The number of halogens is 2. The van der Waals surface area contributed by atoms with E-state index in [2.05, 4.69) is 21.2 Å². The largest absolute Gasteiger partial charge is 0.315 e. The van der Waals surface area contributed by atoms with Crippen LogP contribution >= 0.6 is 27.5 Å².